The minimum absolute atomic E-state index is 0. The second-order valence-corrected chi connectivity index (χ2v) is 6.30. The van der Waals surface area contributed by atoms with Gasteiger partial charge in [0.1, 0.15) is 0 Å². The Hall–Kier alpha value is -2.37. The van der Waals surface area contributed by atoms with Crippen LogP contribution in [0.3, 0.4) is 0 Å². The summed E-state index contributed by atoms with van der Waals surface area (Å²) in [6.45, 7) is 2.59. The summed E-state index contributed by atoms with van der Waals surface area (Å²) in [6.07, 6.45) is 4.42. The number of carbonyl (C=O) groups is 2. The van der Waals surface area contributed by atoms with Gasteiger partial charge in [-0.3, -0.25) is 9.59 Å². The molecule has 0 aliphatic heterocycles. The Balaban J connectivity index is 0.00000364. The van der Waals surface area contributed by atoms with E-state index >= 15 is 0 Å². The molecule has 0 atom stereocenters. The Labute approximate surface area is 167 Å². The lowest BCUT2D eigenvalue weighted by molar-refractivity contribution is -0.116. The second-order valence-electron chi connectivity index (χ2n) is 6.30. The van der Waals surface area contributed by atoms with E-state index in [1.807, 2.05) is 43.3 Å². The lowest BCUT2D eigenvalue weighted by Gasteiger charge is -2.13. The summed E-state index contributed by atoms with van der Waals surface area (Å²) in [4.78, 5) is 24.4. The van der Waals surface area contributed by atoms with Crippen LogP contribution in [-0.2, 0) is 4.79 Å². The van der Waals surface area contributed by atoms with E-state index in [4.69, 9.17) is 5.73 Å². The third kappa shape index (κ3) is 7.41. The number of carbonyl (C=O) groups excluding carboxylic acids is 2. The monoisotopic (exact) mass is 389 g/mol. The molecule has 5 nitrogen and oxygen atoms in total. The predicted octanol–water partition coefficient (Wildman–Crippen LogP) is 4.52. The molecule has 0 aliphatic carbocycles. The van der Waals surface area contributed by atoms with Crippen LogP contribution < -0.4 is 16.4 Å². The van der Waals surface area contributed by atoms with Crippen LogP contribution in [0.4, 0.5) is 11.4 Å². The number of anilines is 2. The Bertz CT molecular complexity index is 735. The second kappa shape index (κ2) is 12.1. The summed E-state index contributed by atoms with van der Waals surface area (Å²) in [6, 6.07) is 14.6. The molecule has 0 bridgehead atoms. The Morgan fingerprint density at radius 2 is 1.48 bits per heavy atom. The Morgan fingerprint density at radius 3 is 2.15 bits per heavy atom. The van der Waals surface area contributed by atoms with Gasteiger partial charge in [-0.1, -0.05) is 37.1 Å². The van der Waals surface area contributed by atoms with E-state index in [1.165, 1.54) is 0 Å². The average molecular weight is 390 g/mol. The smallest absolute Gasteiger partial charge is 0.255 e. The van der Waals surface area contributed by atoms with Crippen molar-refractivity contribution in [2.45, 2.75) is 39.0 Å². The van der Waals surface area contributed by atoms with Crippen LogP contribution in [0, 0.1) is 6.92 Å². The highest BCUT2D eigenvalue weighted by Gasteiger charge is 2.11. The molecule has 0 aliphatic rings. The maximum atomic E-state index is 12.3. The number of hydrogen-bond acceptors (Lipinski definition) is 3. The SMILES string of the molecule is Cc1c(NC(=O)CCCCCCN)cccc1NC(=O)c1ccccc1.Cl. The highest BCUT2D eigenvalue weighted by molar-refractivity contribution is 6.05. The molecule has 6 heteroatoms. The first-order valence-corrected chi connectivity index (χ1v) is 9.07. The van der Waals surface area contributed by atoms with Crippen molar-refractivity contribution < 1.29 is 9.59 Å². The predicted molar refractivity (Wildman–Crippen MR) is 114 cm³/mol. The average Bonchev–Trinajstić information content (AvgIpc) is 2.65. The largest absolute Gasteiger partial charge is 0.330 e. The van der Waals surface area contributed by atoms with Crippen LogP contribution in [0.1, 0.15) is 48.0 Å². The first kappa shape index (κ1) is 22.7. The van der Waals surface area contributed by atoms with Crippen molar-refractivity contribution in [3.8, 4) is 0 Å². The fourth-order valence-corrected chi connectivity index (χ4v) is 2.69. The molecule has 27 heavy (non-hydrogen) atoms. The van der Waals surface area contributed by atoms with Crippen molar-refractivity contribution in [1.29, 1.82) is 0 Å². The zero-order valence-corrected chi connectivity index (χ0v) is 16.5. The maximum Gasteiger partial charge on any atom is 0.255 e. The molecule has 4 N–H and O–H groups in total. The van der Waals surface area contributed by atoms with E-state index < -0.39 is 0 Å². The third-order valence-electron chi connectivity index (χ3n) is 4.25. The van der Waals surface area contributed by atoms with Gasteiger partial charge in [-0.05, 0) is 56.1 Å². The van der Waals surface area contributed by atoms with Gasteiger partial charge in [-0.2, -0.15) is 0 Å². The van der Waals surface area contributed by atoms with Gasteiger partial charge in [0, 0.05) is 23.4 Å². The van der Waals surface area contributed by atoms with Gasteiger partial charge in [0.25, 0.3) is 5.91 Å². The quantitative estimate of drug-likeness (QED) is 0.551. The fraction of sp³-hybridized carbons (Fsp3) is 0.333. The minimum Gasteiger partial charge on any atom is -0.330 e. The molecule has 2 aromatic carbocycles. The molecule has 2 aromatic rings. The van der Waals surface area contributed by atoms with Gasteiger partial charge < -0.3 is 16.4 Å². The molecule has 0 saturated carbocycles. The van der Waals surface area contributed by atoms with Crippen LogP contribution in [-0.4, -0.2) is 18.4 Å². The number of hydrogen-bond donors (Lipinski definition) is 3. The van der Waals surface area contributed by atoms with Gasteiger partial charge in [-0.25, -0.2) is 0 Å². The Morgan fingerprint density at radius 1 is 0.852 bits per heavy atom. The van der Waals surface area contributed by atoms with Gasteiger partial charge in [0.05, 0.1) is 0 Å². The summed E-state index contributed by atoms with van der Waals surface area (Å²) < 4.78 is 0. The van der Waals surface area contributed by atoms with Gasteiger partial charge in [0.2, 0.25) is 5.91 Å². The maximum absolute atomic E-state index is 12.3. The molecule has 0 heterocycles. The fourth-order valence-electron chi connectivity index (χ4n) is 2.69. The zero-order chi connectivity index (χ0) is 18.8. The van der Waals surface area contributed by atoms with Crippen molar-refractivity contribution in [3.05, 3.63) is 59.7 Å². The van der Waals surface area contributed by atoms with Crippen LogP contribution in [0.25, 0.3) is 0 Å². The number of nitrogens with two attached hydrogens (primary N) is 1. The summed E-state index contributed by atoms with van der Waals surface area (Å²) in [5.41, 5.74) is 8.32. The third-order valence-corrected chi connectivity index (χ3v) is 4.25. The molecular formula is C21H28ClN3O2. The lowest BCUT2D eigenvalue weighted by Crippen LogP contribution is -2.15. The first-order chi connectivity index (χ1) is 12.6. The van der Waals surface area contributed by atoms with Crippen LogP contribution in [0.2, 0.25) is 0 Å². The van der Waals surface area contributed by atoms with Crippen LogP contribution >= 0.6 is 12.4 Å². The van der Waals surface area contributed by atoms with E-state index in [2.05, 4.69) is 10.6 Å². The molecule has 146 valence electrons. The summed E-state index contributed by atoms with van der Waals surface area (Å²) >= 11 is 0. The number of unbranched alkanes of at least 4 members (excludes halogenated alkanes) is 3. The first-order valence-electron chi connectivity index (χ1n) is 9.07. The molecule has 0 fully saturated rings. The zero-order valence-electron chi connectivity index (χ0n) is 15.7. The van der Waals surface area contributed by atoms with Gasteiger partial charge >= 0.3 is 0 Å². The number of benzene rings is 2. The van der Waals surface area contributed by atoms with Crippen LogP contribution in [0.15, 0.2) is 48.5 Å². The molecule has 2 rings (SSSR count). The standard InChI is InChI=1S/C21H27N3O2.ClH/c1-16-18(23-20(25)14-7-2-3-8-15-22)12-9-13-19(16)24-21(26)17-10-5-4-6-11-17;/h4-6,9-13H,2-3,7-8,14-15,22H2,1H3,(H,23,25)(H,24,26);1H. The summed E-state index contributed by atoms with van der Waals surface area (Å²) in [7, 11) is 0. The summed E-state index contributed by atoms with van der Waals surface area (Å²) in [5, 5.41) is 5.84. The lowest BCUT2D eigenvalue weighted by atomic mass is 10.1. The van der Waals surface area contributed by atoms with E-state index in [-0.39, 0.29) is 24.2 Å². The van der Waals surface area contributed by atoms with Crippen LogP contribution in [0.5, 0.6) is 0 Å². The Kier molecular flexibility index (Phi) is 10.2. The van der Waals surface area contributed by atoms with Crippen molar-refractivity contribution in [2.24, 2.45) is 5.73 Å². The normalized spacial score (nSPS) is 10.0. The van der Waals surface area contributed by atoms with Gasteiger partial charge in [-0.15, -0.1) is 12.4 Å². The van der Waals surface area contributed by atoms with Crippen molar-refractivity contribution in [3.63, 3.8) is 0 Å². The number of halogens is 1. The van der Waals surface area contributed by atoms with Gasteiger partial charge in [0.15, 0.2) is 0 Å². The number of amides is 2. The van der Waals surface area contributed by atoms with E-state index in [0.717, 1.165) is 36.9 Å². The number of nitrogens with one attached hydrogen (secondary N) is 2. The molecule has 0 spiro atoms. The van der Waals surface area contributed by atoms with Crippen molar-refractivity contribution in [2.75, 3.05) is 17.2 Å². The molecule has 0 saturated heterocycles. The molecule has 0 unspecified atom stereocenters. The molecule has 0 radical (unpaired) electrons. The molecule has 2 amide bonds. The summed E-state index contributed by atoms with van der Waals surface area (Å²) in [5.74, 6) is -0.176. The highest BCUT2D eigenvalue weighted by Crippen LogP contribution is 2.24. The van der Waals surface area contributed by atoms with E-state index in [1.54, 1.807) is 12.1 Å². The highest BCUT2D eigenvalue weighted by atomic mass is 35.5. The minimum atomic E-state index is -0.169. The molecule has 0 aromatic heterocycles. The van der Waals surface area contributed by atoms with Crippen molar-refractivity contribution in [1.82, 2.24) is 0 Å². The topological polar surface area (TPSA) is 84.2 Å². The van der Waals surface area contributed by atoms with E-state index in [0.29, 0.717) is 24.2 Å². The van der Waals surface area contributed by atoms with Crippen molar-refractivity contribution >= 4 is 35.6 Å². The van der Waals surface area contributed by atoms with E-state index in [9.17, 15) is 9.59 Å². The molecular weight excluding hydrogens is 362 g/mol. The number of rotatable bonds is 9.